The van der Waals surface area contributed by atoms with Gasteiger partial charge in [0.15, 0.2) is 5.75 Å². The van der Waals surface area contributed by atoms with Gasteiger partial charge in [-0.2, -0.15) is 8.78 Å². The van der Waals surface area contributed by atoms with Crippen LogP contribution in [0.2, 0.25) is 0 Å². The van der Waals surface area contributed by atoms with E-state index in [1.807, 2.05) is 0 Å². The number of rotatable bonds is 10. The fourth-order valence-electron chi connectivity index (χ4n) is 5.68. The summed E-state index contributed by atoms with van der Waals surface area (Å²) in [5, 5.41) is 15.2. The fraction of sp³-hybridized carbons (Fsp3) is 0.312. The Morgan fingerprint density at radius 3 is 2.58 bits per heavy atom. The molecule has 9 nitrogen and oxygen atoms in total. The van der Waals surface area contributed by atoms with Crippen LogP contribution in [0.25, 0.3) is 22.2 Å². The second kappa shape index (κ2) is 11.3. The van der Waals surface area contributed by atoms with Crippen LogP contribution in [-0.4, -0.2) is 53.3 Å². The molecule has 2 aromatic carbocycles. The average Bonchev–Trinajstić information content (AvgIpc) is 3.80. The first-order valence-corrected chi connectivity index (χ1v) is 14.1. The van der Waals surface area contributed by atoms with Crippen molar-refractivity contribution in [3.05, 3.63) is 82.9 Å². The number of nitrogens with two attached hydrogens (primary N) is 1. The van der Waals surface area contributed by atoms with Crippen LogP contribution in [0.15, 0.2) is 54.7 Å². The van der Waals surface area contributed by atoms with E-state index in [1.54, 1.807) is 13.0 Å². The van der Waals surface area contributed by atoms with E-state index in [1.165, 1.54) is 42.6 Å². The predicted molar refractivity (Wildman–Crippen MR) is 154 cm³/mol. The van der Waals surface area contributed by atoms with Gasteiger partial charge in [0.25, 0.3) is 5.91 Å². The number of aryl methyl sites for hydroxylation is 1. The molecule has 4 aromatic rings. The van der Waals surface area contributed by atoms with Crippen LogP contribution in [0.3, 0.4) is 0 Å². The van der Waals surface area contributed by atoms with E-state index in [0.29, 0.717) is 23.8 Å². The number of hydrogen-bond acceptors (Lipinski definition) is 7. The second-order valence-electron chi connectivity index (χ2n) is 11.4. The third kappa shape index (κ3) is 5.41. The average molecular weight is 625 g/mol. The Bertz CT molecular complexity index is 1820. The van der Waals surface area contributed by atoms with Gasteiger partial charge in [-0.05, 0) is 79.8 Å². The number of fused-ring (bicyclic) bond motifs is 2. The maximum absolute atomic E-state index is 14.5. The molecule has 0 unspecified atom stereocenters. The Morgan fingerprint density at radius 2 is 1.93 bits per heavy atom. The summed E-state index contributed by atoms with van der Waals surface area (Å²) in [6, 6.07) is 10.9. The van der Waals surface area contributed by atoms with Crippen molar-refractivity contribution < 1.29 is 41.7 Å². The zero-order valence-electron chi connectivity index (χ0n) is 24.0. The number of halogens is 4. The van der Waals surface area contributed by atoms with E-state index in [4.69, 9.17) is 10.5 Å². The van der Waals surface area contributed by atoms with Crippen LogP contribution in [0.5, 0.6) is 11.5 Å². The molecule has 3 heterocycles. The van der Waals surface area contributed by atoms with Crippen LogP contribution in [-0.2, 0) is 15.8 Å². The maximum atomic E-state index is 14.5. The number of aliphatic hydroxyl groups is 1. The Morgan fingerprint density at radius 1 is 1.20 bits per heavy atom. The first-order valence-electron chi connectivity index (χ1n) is 14.1. The number of benzene rings is 2. The first-order chi connectivity index (χ1) is 21.4. The summed E-state index contributed by atoms with van der Waals surface area (Å²) in [4.78, 5) is 34.8. The zero-order chi connectivity index (χ0) is 32.1. The van der Waals surface area contributed by atoms with Gasteiger partial charge in [0.2, 0.25) is 5.91 Å². The van der Waals surface area contributed by atoms with Crippen molar-refractivity contribution >= 4 is 22.7 Å². The lowest BCUT2D eigenvalue weighted by Gasteiger charge is -2.30. The number of hydrogen-bond donors (Lipinski definition) is 3. The quantitative estimate of drug-likeness (QED) is 0.222. The molecule has 1 saturated carbocycles. The minimum absolute atomic E-state index is 0.0174. The summed E-state index contributed by atoms with van der Waals surface area (Å²) in [7, 11) is 0. The minimum atomic E-state index is -3.16. The Balaban J connectivity index is 1.40. The molecule has 0 bridgehead atoms. The van der Waals surface area contributed by atoms with Gasteiger partial charge in [-0.25, -0.2) is 13.8 Å². The standard InChI is InChI=1S/C32H28F4N4O5/c1-16-8-18-9-19(10-23(45-30(35)36)25(18)38-12-16)28(41)39-14-32(43,20-4-5-20)24-11-22-27(44-15-31(22,13-33)29(37)42)26(40-24)17-2-6-21(34)7-3-17/h2-3,6-12,20,30,43H,4-5,13-15H2,1H3,(H2,37,42)(H,39,41)/t31-,32-/m1/s1. The van der Waals surface area contributed by atoms with Gasteiger partial charge < -0.3 is 25.6 Å². The smallest absolute Gasteiger partial charge is 0.387 e. The highest BCUT2D eigenvalue weighted by atomic mass is 19.3. The number of ether oxygens (including phenoxy) is 2. The van der Waals surface area contributed by atoms with Crippen LogP contribution in [0, 0.1) is 18.7 Å². The summed E-state index contributed by atoms with van der Waals surface area (Å²) in [6.45, 7) is -3.35. The molecular weight excluding hydrogens is 596 g/mol. The zero-order valence-corrected chi connectivity index (χ0v) is 24.0. The highest BCUT2D eigenvalue weighted by Crippen LogP contribution is 2.50. The molecule has 4 N–H and O–H groups in total. The van der Waals surface area contributed by atoms with E-state index in [2.05, 4.69) is 20.0 Å². The van der Waals surface area contributed by atoms with Gasteiger partial charge in [-0.15, -0.1) is 0 Å². The minimum Gasteiger partial charge on any atom is -0.489 e. The number of alkyl halides is 3. The SMILES string of the molecule is Cc1cnc2c(OC(F)F)cc(C(=O)NC[C@](O)(c3cc4c(c(-c5ccc(F)cc5)n3)OC[C@@]4(CF)C(N)=O)C3CC3)cc2c1. The third-order valence-corrected chi connectivity index (χ3v) is 8.35. The van der Waals surface area contributed by atoms with Crippen molar-refractivity contribution in [2.75, 3.05) is 19.8 Å². The number of carbonyl (C=O) groups excluding carboxylic acids is 2. The van der Waals surface area contributed by atoms with Crippen molar-refractivity contribution in [1.29, 1.82) is 0 Å². The summed E-state index contributed by atoms with van der Waals surface area (Å²) < 4.78 is 65.0. The molecular formula is C32H28F4N4O5. The van der Waals surface area contributed by atoms with Crippen LogP contribution < -0.4 is 20.5 Å². The molecule has 0 radical (unpaired) electrons. The van der Waals surface area contributed by atoms with E-state index < -0.39 is 48.5 Å². The van der Waals surface area contributed by atoms with E-state index in [9.17, 15) is 32.3 Å². The Hall–Kier alpha value is -4.78. The lowest BCUT2D eigenvalue weighted by atomic mass is 9.80. The molecule has 2 aromatic heterocycles. The fourth-order valence-corrected chi connectivity index (χ4v) is 5.68. The molecule has 13 heteroatoms. The second-order valence-corrected chi connectivity index (χ2v) is 11.4. The highest BCUT2D eigenvalue weighted by molar-refractivity contribution is 6.00. The molecule has 0 saturated heterocycles. The number of pyridine rings is 2. The van der Waals surface area contributed by atoms with Gasteiger partial charge in [-0.3, -0.25) is 14.6 Å². The lowest BCUT2D eigenvalue weighted by molar-refractivity contribution is -0.124. The number of nitrogens with one attached hydrogen (secondary N) is 1. The molecule has 45 heavy (non-hydrogen) atoms. The largest absolute Gasteiger partial charge is 0.489 e. The summed E-state index contributed by atoms with van der Waals surface area (Å²) in [5.74, 6) is -2.77. The lowest BCUT2D eigenvalue weighted by Crippen LogP contribution is -2.46. The summed E-state index contributed by atoms with van der Waals surface area (Å²) >= 11 is 0. The van der Waals surface area contributed by atoms with Gasteiger partial charge in [0.05, 0.1) is 12.2 Å². The van der Waals surface area contributed by atoms with E-state index >= 15 is 0 Å². The molecule has 234 valence electrons. The molecule has 1 aliphatic heterocycles. The van der Waals surface area contributed by atoms with Crippen molar-refractivity contribution in [1.82, 2.24) is 15.3 Å². The summed E-state index contributed by atoms with van der Waals surface area (Å²) in [6.07, 6.45) is 2.64. The molecule has 2 amide bonds. The third-order valence-electron chi connectivity index (χ3n) is 8.35. The Labute approximate surface area is 254 Å². The molecule has 2 aliphatic rings. The molecule has 0 spiro atoms. The van der Waals surface area contributed by atoms with E-state index in [-0.39, 0.29) is 52.0 Å². The molecule has 1 aliphatic carbocycles. The van der Waals surface area contributed by atoms with Crippen LogP contribution >= 0.6 is 0 Å². The highest BCUT2D eigenvalue weighted by Gasteiger charge is 2.52. The predicted octanol–water partition coefficient (Wildman–Crippen LogP) is 4.46. The monoisotopic (exact) mass is 624 g/mol. The topological polar surface area (TPSA) is 137 Å². The Kier molecular flexibility index (Phi) is 7.59. The van der Waals surface area contributed by atoms with Gasteiger partial charge in [0.1, 0.15) is 47.1 Å². The number of carbonyl (C=O) groups is 2. The molecule has 6 rings (SSSR count). The summed E-state index contributed by atoms with van der Waals surface area (Å²) in [5.41, 5.74) is 3.46. The first kappa shape index (κ1) is 30.3. The van der Waals surface area contributed by atoms with Crippen LogP contribution in [0.1, 0.15) is 40.0 Å². The molecule has 2 atom stereocenters. The normalized spacial score (nSPS) is 18.7. The van der Waals surface area contributed by atoms with Crippen molar-refractivity contribution in [2.45, 2.75) is 37.4 Å². The molecule has 1 fully saturated rings. The van der Waals surface area contributed by atoms with E-state index in [0.717, 1.165) is 11.6 Å². The van der Waals surface area contributed by atoms with Crippen molar-refractivity contribution in [2.24, 2.45) is 11.7 Å². The number of primary amides is 1. The van der Waals surface area contributed by atoms with Gasteiger partial charge in [-0.1, -0.05) is 0 Å². The van der Waals surface area contributed by atoms with Crippen molar-refractivity contribution in [3.63, 3.8) is 0 Å². The van der Waals surface area contributed by atoms with Gasteiger partial charge in [0, 0.05) is 28.3 Å². The number of aromatic nitrogens is 2. The maximum Gasteiger partial charge on any atom is 0.387 e. The van der Waals surface area contributed by atoms with Crippen LogP contribution in [0.4, 0.5) is 17.6 Å². The van der Waals surface area contributed by atoms with Crippen molar-refractivity contribution in [3.8, 4) is 22.8 Å². The number of amides is 2. The number of nitrogens with zero attached hydrogens (tertiary/aromatic N) is 2. The van der Waals surface area contributed by atoms with Gasteiger partial charge >= 0.3 is 6.61 Å².